The summed E-state index contributed by atoms with van der Waals surface area (Å²) in [4.78, 5) is 4.40. The zero-order chi connectivity index (χ0) is 15.1. The van der Waals surface area contributed by atoms with Gasteiger partial charge in [0.1, 0.15) is 5.82 Å². The monoisotopic (exact) mass is 277 g/mol. The van der Waals surface area contributed by atoms with E-state index in [4.69, 9.17) is 10.3 Å². The molecule has 0 aliphatic carbocycles. The fraction of sp³-hybridized carbons (Fsp3) is 0.467. The van der Waals surface area contributed by atoms with Crippen LogP contribution in [0.25, 0.3) is 11.4 Å². The Morgan fingerprint density at radius 3 is 2.45 bits per heavy atom. The van der Waals surface area contributed by atoms with Gasteiger partial charge in [0.2, 0.25) is 11.7 Å². The van der Waals surface area contributed by atoms with Crippen LogP contribution in [0, 0.1) is 12.7 Å². The van der Waals surface area contributed by atoms with Crippen molar-refractivity contribution in [1.82, 2.24) is 10.1 Å². The van der Waals surface area contributed by atoms with Crippen molar-refractivity contribution in [2.45, 2.75) is 45.6 Å². The first-order valence-corrected chi connectivity index (χ1v) is 6.52. The third-order valence-corrected chi connectivity index (χ3v) is 4.01. The molecule has 1 aromatic carbocycles. The molecule has 2 aromatic rings. The zero-order valence-corrected chi connectivity index (χ0v) is 12.5. The highest BCUT2D eigenvalue weighted by molar-refractivity contribution is 5.59. The van der Waals surface area contributed by atoms with Crippen molar-refractivity contribution < 1.29 is 8.91 Å². The van der Waals surface area contributed by atoms with Gasteiger partial charge in [0.15, 0.2) is 0 Å². The van der Waals surface area contributed by atoms with Crippen LogP contribution in [0.1, 0.15) is 39.1 Å². The Hall–Kier alpha value is -1.75. The van der Waals surface area contributed by atoms with Crippen molar-refractivity contribution in [3.8, 4) is 11.4 Å². The summed E-state index contributed by atoms with van der Waals surface area (Å²) >= 11 is 0. The number of aromatic nitrogens is 2. The highest BCUT2D eigenvalue weighted by Crippen LogP contribution is 2.33. The van der Waals surface area contributed by atoms with Crippen molar-refractivity contribution >= 4 is 0 Å². The van der Waals surface area contributed by atoms with Gasteiger partial charge in [0.25, 0.3) is 0 Å². The molecular formula is C15H20FN3O. The summed E-state index contributed by atoms with van der Waals surface area (Å²) in [5, 5.41) is 3.96. The van der Waals surface area contributed by atoms with E-state index in [-0.39, 0.29) is 5.82 Å². The van der Waals surface area contributed by atoms with Crippen molar-refractivity contribution in [2.24, 2.45) is 5.73 Å². The van der Waals surface area contributed by atoms with Crippen LogP contribution in [0.15, 0.2) is 22.7 Å². The molecule has 0 saturated heterocycles. The summed E-state index contributed by atoms with van der Waals surface area (Å²) < 4.78 is 18.7. The van der Waals surface area contributed by atoms with Crippen LogP contribution in [0.2, 0.25) is 0 Å². The maximum absolute atomic E-state index is 13.4. The molecule has 0 saturated carbocycles. The smallest absolute Gasteiger partial charge is 0.234 e. The quantitative estimate of drug-likeness (QED) is 0.935. The first kappa shape index (κ1) is 14.7. The van der Waals surface area contributed by atoms with Gasteiger partial charge in [0.05, 0.1) is 5.41 Å². The van der Waals surface area contributed by atoms with Crippen LogP contribution in [0.4, 0.5) is 4.39 Å². The third-order valence-electron chi connectivity index (χ3n) is 4.01. The van der Waals surface area contributed by atoms with Gasteiger partial charge in [-0.3, -0.25) is 0 Å². The zero-order valence-electron chi connectivity index (χ0n) is 12.5. The molecule has 2 rings (SSSR count). The SMILES string of the molecule is Cc1ccc(F)cc1-c1noc(C(C)(C)C(C)(C)N)n1. The minimum atomic E-state index is -0.520. The second kappa shape index (κ2) is 4.66. The molecule has 0 bridgehead atoms. The molecule has 0 fully saturated rings. The number of nitrogens with zero attached hydrogens (tertiary/aromatic N) is 2. The summed E-state index contributed by atoms with van der Waals surface area (Å²) in [6.07, 6.45) is 0. The number of nitrogens with two attached hydrogens (primary N) is 1. The number of benzene rings is 1. The van der Waals surface area contributed by atoms with Gasteiger partial charge in [-0.1, -0.05) is 11.2 Å². The summed E-state index contributed by atoms with van der Waals surface area (Å²) in [6, 6.07) is 4.51. The average molecular weight is 277 g/mol. The summed E-state index contributed by atoms with van der Waals surface area (Å²) in [5.41, 5.74) is 6.68. The molecule has 0 aliphatic heterocycles. The molecule has 4 nitrogen and oxygen atoms in total. The molecule has 1 aromatic heterocycles. The van der Waals surface area contributed by atoms with Crippen molar-refractivity contribution in [1.29, 1.82) is 0 Å². The Kier molecular flexibility index (Phi) is 3.42. The highest BCUT2D eigenvalue weighted by Gasteiger charge is 2.40. The molecule has 20 heavy (non-hydrogen) atoms. The van der Waals surface area contributed by atoms with E-state index >= 15 is 0 Å². The molecule has 1 heterocycles. The van der Waals surface area contributed by atoms with E-state index in [1.807, 2.05) is 34.6 Å². The molecule has 0 aliphatic rings. The van der Waals surface area contributed by atoms with E-state index in [0.717, 1.165) is 5.56 Å². The topological polar surface area (TPSA) is 64.9 Å². The molecule has 108 valence electrons. The largest absolute Gasteiger partial charge is 0.338 e. The number of halogens is 1. The van der Waals surface area contributed by atoms with Crippen LogP contribution in [0.5, 0.6) is 0 Å². The lowest BCUT2D eigenvalue weighted by atomic mass is 9.75. The Labute approximate surface area is 118 Å². The van der Waals surface area contributed by atoms with Gasteiger partial charge < -0.3 is 10.3 Å². The number of hydrogen-bond donors (Lipinski definition) is 1. The Morgan fingerprint density at radius 1 is 1.20 bits per heavy atom. The van der Waals surface area contributed by atoms with E-state index in [1.54, 1.807) is 6.07 Å². The first-order valence-electron chi connectivity index (χ1n) is 6.52. The van der Waals surface area contributed by atoms with Crippen LogP contribution < -0.4 is 5.73 Å². The Morgan fingerprint density at radius 2 is 1.85 bits per heavy atom. The van der Waals surface area contributed by atoms with E-state index in [9.17, 15) is 4.39 Å². The predicted octanol–water partition coefficient (Wildman–Crippen LogP) is 3.20. The summed E-state index contributed by atoms with van der Waals surface area (Å²) in [6.45, 7) is 9.59. The van der Waals surface area contributed by atoms with Gasteiger partial charge >= 0.3 is 0 Å². The highest BCUT2D eigenvalue weighted by atomic mass is 19.1. The lowest BCUT2D eigenvalue weighted by Crippen LogP contribution is -2.50. The van der Waals surface area contributed by atoms with E-state index in [0.29, 0.717) is 17.3 Å². The minimum Gasteiger partial charge on any atom is -0.338 e. The number of rotatable bonds is 3. The van der Waals surface area contributed by atoms with Crippen LogP contribution >= 0.6 is 0 Å². The molecule has 0 amide bonds. The lowest BCUT2D eigenvalue weighted by Gasteiger charge is -2.34. The van der Waals surface area contributed by atoms with Crippen LogP contribution in [-0.4, -0.2) is 15.7 Å². The van der Waals surface area contributed by atoms with Crippen molar-refractivity contribution in [2.75, 3.05) is 0 Å². The fourth-order valence-electron chi connectivity index (χ4n) is 1.70. The van der Waals surface area contributed by atoms with E-state index in [2.05, 4.69) is 10.1 Å². The molecule has 0 unspecified atom stereocenters. The number of aryl methyl sites for hydroxylation is 1. The molecule has 0 spiro atoms. The number of hydrogen-bond acceptors (Lipinski definition) is 4. The summed E-state index contributed by atoms with van der Waals surface area (Å²) in [7, 11) is 0. The third kappa shape index (κ3) is 2.45. The Balaban J connectivity index is 2.46. The normalized spacial score (nSPS) is 12.8. The molecule has 5 heteroatoms. The standard InChI is InChI=1S/C15H20FN3O/c1-9-6-7-10(16)8-11(9)12-18-13(20-19-12)14(2,3)15(4,5)17/h6-8H,17H2,1-5H3. The molecule has 0 atom stereocenters. The second-order valence-corrected chi connectivity index (χ2v) is 6.23. The second-order valence-electron chi connectivity index (χ2n) is 6.23. The van der Waals surface area contributed by atoms with Gasteiger partial charge in [0, 0.05) is 11.1 Å². The van der Waals surface area contributed by atoms with Crippen LogP contribution in [0.3, 0.4) is 0 Å². The van der Waals surface area contributed by atoms with E-state index in [1.165, 1.54) is 12.1 Å². The van der Waals surface area contributed by atoms with Crippen LogP contribution in [-0.2, 0) is 5.41 Å². The molecule has 0 radical (unpaired) electrons. The Bertz CT molecular complexity index is 626. The van der Waals surface area contributed by atoms with Crippen molar-refractivity contribution in [3.05, 3.63) is 35.5 Å². The summed E-state index contributed by atoms with van der Waals surface area (Å²) in [5.74, 6) is 0.508. The van der Waals surface area contributed by atoms with Gasteiger partial charge in [-0.25, -0.2) is 4.39 Å². The fourth-order valence-corrected chi connectivity index (χ4v) is 1.70. The molecule has 2 N–H and O–H groups in total. The van der Waals surface area contributed by atoms with E-state index < -0.39 is 11.0 Å². The average Bonchev–Trinajstić information content (AvgIpc) is 2.80. The van der Waals surface area contributed by atoms with Gasteiger partial charge in [-0.15, -0.1) is 0 Å². The maximum Gasteiger partial charge on any atom is 0.234 e. The minimum absolute atomic E-state index is 0.324. The van der Waals surface area contributed by atoms with Gasteiger partial charge in [-0.05, 0) is 52.3 Å². The lowest BCUT2D eigenvalue weighted by molar-refractivity contribution is 0.223. The predicted molar refractivity (Wildman–Crippen MR) is 75.7 cm³/mol. The molecular weight excluding hydrogens is 257 g/mol. The first-order chi connectivity index (χ1) is 9.13. The van der Waals surface area contributed by atoms with Crippen molar-refractivity contribution in [3.63, 3.8) is 0 Å². The van der Waals surface area contributed by atoms with Gasteiger partial charge in [-0.2, -0.15) is 4.98 Å². The maximum atomic E-state index is 13.4.